The van der Waals surface area contributed by atoms with Gasteiger partial charge in [0, 0.05) is 42.1 Å². The van der Waals surface area contributed by atoms with Gasteiger partial charge in [-0.2, -0.15) is 10.5 Å². The van der Waals surface area contributed by atoms with E-state index < -0.39 is 33.0 Å². The molecule has 196 valence electrons. The SMILES string of the molecule is COC(=O)C1=C(C(=O)OC)C23CCCCC2([N-][N+](c2ccc([N+](=O)[O-])cc2)=N3)N1c1ccc([N+](=O)[O-])cc1. The second kappa shape index (κ2) is 8.90. The molecule has 2 heterocycles. The standard InChI is InChI=1S/C24H22N6O8/c1-37-21(31)19-20(22(32)38-2)27(15-5-9-17(10-6-15)29(33)34)24-14-4-3-13-23(19,24)25-28(26-24)16-7-11-18(12-8-16)30(35)36/h5-12H,3-4,13-14H2,1-2H3. The quantitative estimate of drug-likeness (QED) is 0.235. The summed E-state index contributed by atoms with van der Waals surface area (Å²) < 4.78 is 10.2. The van der Waals surface area contributed by atoms with Gasteiger partial charge in [-0.1, -0.05) is 12.8 Å². The van der Waals surface area contributed by atoms with Crippen molar-refractivity contribution in [3.63, 3.8) is 0 Å². The van der Waals surface area contributed by atoms with E-state index in [-0.39, 0.29) is 22.6 Å². The second-order valence-corrected chi connectivity index (χ2v) is 8.96. The number of esters is 2. The molecule has 14 heteroatoms. The van der Waals surface area contributed by atoms with Crippen molar-refractivity contribution >= 4 is 34.7 Å². The number of nitro groups is 2. The second-order valence-electron chi connectivity index (χ2n) is 8.96. The van der Waals surface area contributed by atoms with Crippen molar-refractivity contribution in [2.45, 2.75) is 36.9 Å². The molecule has 5 rings (SSSR count). The molecule has 0 amide bonds. The van der Waals surface area contributed by atoms with E-state index in [1.54, 1.807) is 4.90 Å². The van der Waals surface area contributed by atoms with E-state index in [2.05, 4.69) is 0 Å². The molecule has 2 unspecified atom stereocenters. The summed E-state index contributed by atoms with van der Waals surface area (Å²) in [6, 6.07) is 11.1. The highest BCUT2D eigenvalue weighted by atomic mass is 16.6. The number of hydrogen-bond donors (Lipinski definition) is 0. The number of rotatable bonds is 6. The minimum absolute atomic E-state index is 0.0296. The Balaban J connectivity index is 1.76. The van der Waals surface area contributed by atoms with Gasteiger partial charge < -0.3 is 14.4 Å². The maximum Gasteiger partial charge on any atom is 0.355 e. The normalized spacial score (nSPS) is 23.6. The summed E-state index contributed by atoms with van der Waals surface area (Å²) in [5.74, 6) is -1.60. The van der Waals surface area contributed by atoms with Gasteiger partial charge in [-0.25, -0.2) is 9.59 Å². The number of anilines is 1. The fraction of sp³-hybridized carbons (Fsp3) is 0.333. The highest BCUT2D eigenvalue weighted by Gasteiger charge is 2.69. The minimum atomic E-state index is -1.36. The van der Waals surface area contributed by atoms with Crippen LogP contribution in [0.5, 0.6) is 0 Å². The van der Waals surface area contributed by atoms with Crippen molar-refractivity contribution in [1.29, 1.82) is 0 Å². The number of ether oxygens (including phenoxy) is 2. The van der Waals surface area contributed by atoms with Gasteiger partial charge in [-0.15, -0.1) is 4.81 Å². The third-order valence-electron chi connectivity index (χ3n) is 7.12. The predicted molar refractivity (Wildman–Crippen MR) is 129 cm³/mol. The summed E-state index contributed by atoms with van der Waals surface area (Å²) in [7, 11) is 2.38. The Labute approximate surface area is 215 Å². The summed E-state index contributed by atoms with van der Waals surface area (Å²) in [5.41, 5.74) is 2.63. The van der Waals surface area contributed by atoms with Crippen molar-refractivity contribution in [2.24, 2.45) is 5.11 Å². The smallest absolute Gasteiger partial charge is 0.355 e. The third-order valence-corrected chi connectivity index (χ3v) is 7.12. The molecule has 0 saturated heterocycles. The van der Waals surface area contributed by atoms with Gasteiger partial charge >= 0.3 is 11.9 Å². The molecule has 1 aliphatic carbocycles. The molecule has 0 bridgehead atoms. The Morgan fingerprint density at radius 2 is 1.47 bits per heavy atom. The van der Waals surface area contributed by atoms with Crippen LogP contribution in [-0.2, 0) is 19.1 Å². The zero-order chi connectivity index (χ0) is 27.2. The lowest BCUT2D eigenvalue weighted by atomic mass is 9.70. The van der Waals surface area contributed by atoms with Gasteiger partial charge in [0.2, 0.25) is 5.69 Å². The zero-order valence-corrected chi connectivity index (χ0v) is 20.4. The first kappa shape index (κ1) is 24.8. The van der Waals surface area contributed by atoms with Crippen LogP contribution in [0.15, 0.2) is 64.9 Å². The molecule has 2 aromatic carbocycles. The van der Waals surface area contributed by atoms with Gasteiger partial charge in [-0.3, -0.25) is 20.2 Å². The number of nitrogens with zero attached hydrogens (tertiary/aromatic N) is 6. The molecule has 2 aromatic rings. The fourth-order valence-electron chi connectivity index (χ4n) is 5.52. The van der Waals surface area contributed by atoms with Crippen LogP contribution in [0.4, 0.5) is 22.7 Å². The number of azo groups is 1. The zero-order valence-electron chi connectivity index (χ0n) is 20.4. The Morgan fingerprint density at radius 3 is 2.03 bits per heavy atom. The number of methoxy groups -OCH3 is 2. The number of carbonyl (C=O) groups excluding carboxylic acids is 2. The average molecular weight is 522 g/mol. The fourth-order valence-corrected chi connectivity index (χ4v) is 5.52. The molecular formula is C24H22N6O8. The third kappa shape index (κ3) is 3.40. The Kier molecular flexibility index (Phi) is 5.81. The van der Waals surface area contributed by atoms with Crippen molar-refractivity contribution in [2.75, 3.05) is 19.1 Å². The molecule has 0 spiro atoms. The van der Waals surface area contributed by atoms with E-state index in [0.717, 1.165) is 0 Å². The highest BCUT2D eigenvalue weighted by molar-refractivity contribution is 6.08. The lowest BCUT2D eigenvalue weighted by Gasteiger charge is -2.49. The number of nitro benzene ring substituents is 2. The Morgan fingerprint density at radius 1 is 0.921 bits per heavy atom. The van der Waals surface area contributed by atoms with Crippen LogP contribution < -0.4 is 4.90 Å². The number of hydrogen-bond acceptors (Lipinski definition) is 10. The molecule has 0 radical (unpaired) electrons. The van der Waals surface area contributed by atoms with E-state index in [1.807, 2.05) is 0 Å². The molecule has 3 aliphatic rings. The van der Waals surface area contributed by atoms with Gasteiger partial charge in [-0.05, 0) is 25.0 Å². The van der Waals surface area contributed by atoms with E-state index in [9.17, 15) is 29.8 Å². The summed E-state index contributed by atoms with van der Waals surface area (Å²) in [4.78, 5) is 50.8. The number of benzene rings is 2. The summed E-state index contributed by atoms with van der Waals surface area (Å²) in [5, 5.41) is 27.3. The monoisotopic (exact) mass is 522 g/mol. The molecule has 2 aliphatic heterocycles. The van der Waals surface area contributed by atoms with Crippen molar-refractivity contribution < 1.29 is 33.7 Å². The van der Waals surface area contributed by atoms with E-state index in [4.69, 9.17) is 20.0 Å². The lowest BCUT2D eigenvalue weighted by molar-refractivity contribution is -0.456. The topological polar surface area (TPSA) is 172 Å². The van der Waals surface area contributed by atoms with E-state index >= 15 is 0 Å². The van der Waals surface area contributed by atoms with Crippen LogP contribution in [0.1, 0.15) is 25.7 Å². The first-order valence-electron chi connectivity index (χ1n) is 11.7. The van der Waals surface area contributed by atoms with Crippen LogP contribution in [0, 0.1) is 20.2 Å². The maximum atomic E-state index is 13.3. The largest absolute Gasteiger partial charge is 0.466 e. The van der Waals surface area contributed by atoms with Crippen molar-refractivity contribution in [3.8, 4) is 0 Å². The Bertz CT molecular complexity index is 1420. The van der Waals surface area contributed by atoms with Gasteiger partial charge in [0.1, 0.15) is 11.4 Å². The van der Waals surface area contributed by atoms with Gasteiger partial charge in [0.15, 0.2) is 0 Å². The van der Waals surface area contributed by atoms with Crippen LogP contribution in [0.3, 0.4) is 0 Å². The first-order chi connectivity index (χ1) is 18.2. The molecule has 0 N–H and O–H groups in total. The molecule has 0 aromatic heterocycles. The highest BCUT2D eigenvalue weighted by Crippen LogP contribution is 2.63. The van der Waals surface area contributed by atoms with E-state index in [1.165, 1.54) is 67.6 Å². The van der Waals surface area contributed by atoms with Crippen molar-refractivity contribution in [3.05, 3.63) is 85.5 Å². The van der Waals surface area contributed by atoms with Crippen LogP contribution in [0.25, 0.3) is 5.43 Å². The van der Waals surface area contributed by atoms with Crippen LogP contribution in [0.2, 0.25) is 0 Å². The van der Waals surface area contributed by atoms with Crippen molar-refractivity contribution in [1.82, 2.24) is 0 Å². The van der Waals surface area contributed by atoms with Crippen LogP contribution >= 0.6 is 0 Å². The van der Waals surface area contributed by atoms with Crippen LogP contribution in [-0.4, -0.2) is 52.0 Å². The maximum absolute atomic E-state index is 13.3. The molecule has 1 saturated carbocycles. The molecule has 1 fully saturated rings. The summed E-state index contributed by atoms with van der Waals surface area (Å²) in [6.07, 6.45) is 2.06. The van der Waals surface area contributed by atoms with E-state index in [0.29, 0.717) is 37.1 Å². The Hall–Kier alpha value is -4.88. The predicted octanol–water partition coefficient (Wildman–Crippen LogP) is 4.03. The van der Waals surface area contributed by atoms with Gasteiger partial charge in [0.05, 0.1) is 35.2 Å². The molecular weight excluding hydrogens is 500 g/mol. The molecule has 38 heavy (non-hydrogen) atoms. The minimum Gasteiger partial charge on any atom is -0.466 e. The summed E-state index contributed by atoms with van der Waals surface area (Å²) >= 11 is 0. The number of carbonyl (C=O) groups is 2. The number of non-ortho nitro benzene ring substituents is 2. The van der Waals surface area contributed by atoms with Gasteiger partial charge in [0.25, 0.3) is 11.4 Å². The molecule has 14 nitrogen and oxygen atoms in total. The summed E-state index contributed by atoms with van der Waals surface area (Å²) in [6.45, 7) is 0. The first-order valence-corrected chi connectivity index (χ1v) is 11.7. The average Bonchev–Trinajstić information content (AvgIpc) is 3.40. The lowest BCUT2D eigenvalue weighted by Crippen LogP contribution is -2.58. The molecule has 2 atom stereocenters.